The van der Waals surface area contributed by atoms with Crippen LogP contribution in [0.25, 0.3) is 0 Å². The molecule has 0 bridgehead atoms. The van der Waals surface area contributed by atoms with Crippen LogP contribution in [-0.2, 0) is 0 Å². The van der Waals surface area contributed by atoms with E-state index in [9.17, 15) is 0 Å². The molecule has 2 rings (SSSR count). The van der Waals surface area contributed by atoms with Crippen molar-refractivity contribution >= 4 is 11.3 Å². The van der Waals surface area contributed by atoms with E-state index in [1.165, 1.54) is 15.3 Å². The van der Waals surface area contributed by atoms with Gasteiger partial charge in [-0.3, -0.25) is 11.3 Å². The summed E-state index contributed by atoms with van der Waals surface area (Å²) in [5, 5.41) is 0. The largest absolute Gasteiger partial charge is 0.271 e. The van der Waals surface area contributed by atoms with Crippen LogP contribution in [0.3, 0.4) is 0 Å². The summed E-state index contributed by atoms with van der Waals surface area (Å²) in [4.78, 5) is 2.64. The third-order valence-electron chi connectivity index (χ3n) is 3.32. The number of thiophene rings is 1. The molecule has 0 fully saturated rings. The van der Waals surface area contributed by atoms with Gasteiger partial charge in [-0.1, -0.05) is 37.3 Å². The third-order valence-corrected chi connectivity index (χ3v) is 4.40. The summed E-state index contributed by atoms with van der Waals surface area (Å²) < 4.78 is 0. The first-order valence-electron chi connectivity index (χ1n) is 6.33. The van der Waals surface area contributed by atoms with Crippen LogP contribution in [0.4, 0.5) is 0 Å². The average Bonchev–Trinajstić information content (AvgIpc) is 2.83. The number of hydrogen-bond acceptors (Lipinski definition) is 3. The highest BCUT2D eigenvalue weighted by Gasteiger charge is 2.23. The predicted octanol–water partition coefficient (Wildman–Crippen LogP) is 3.75. The van der Waals surface area contributed by atoms with Crippen LogP contribution in [0.5, 0.6) is 0 Å². The van der Waals surface area contributed by atoms with Crippen molar-refractivity contribution < 1.29 is 0 Å². The number of benzene rings is 1. The first kappa shape index (κ1) is 13.3. The van der Waals surface area contributed by atoms with E-state index in [0.717, 1.165) is 6.42 Å². The lowest BCUT2D eigenvalue weighted by atomic mass is 9.88. The van der Waals surface area contributed by atoms with Gasteiger partial charge in [0.1, 0.15) is 0 Å². The molecule has 0 amide bonds. The zero-order chi connectivity index (χ0) is 13.0. The lowest BCUT2D eigenvalue weighted by Gasteiger charge is -2.25. The fourth-order valence-electron chi connectivity index (χ4n) is 2.38. The van der Waals surface area contributed by atoms with Gasteiger partial charge in [-0.25, -0.2) is 0 Å². The number of rotatable bonds is 5. The summed E-state index contributed by atoms with van der Waals surface area (Å²) in [5.74, 6) is 6.20. The first-order chi connectivity index (χ1) is 8.76. The van der Waals surface area contributed by atoms with Crippen LogP contribution in [0.15, 0.2) is 42.5 Å². The number of aryl methyl sites for hydroxylation is 1. The molecular weight excluding hydrogens is 240 g/mol. The summed E-state index contributed by atoms with van der Waals surface area (Å²) in [6.07, 6.45) is 1.07. The second-order valence-electron chi connectivity index (χ2n) is 4.52. The van der Waals surface area contributed by atoms with E-state index in [0.29, 0.717) is 5.92 Å². The zero-order valence-electron chi connectivity index (χ0n) is 10.9. The molecule has 3 heteroatoms. The summed E-state index contributed by atoms with van der Waals surface area (Å²) in [5.41, 5.74) is 4.33. The molecule has 0 aliphatic carbocycles. The van der Waals surface area contributed by atoms with E-state index < -0.39 is 0 Å². The quantitative estimate of drug-likeness (QED) is 0.634. The van der Waals surface area contributed by atoms with E-state index >= 15 is 0 Å². The van der Waals surface area contributed by atoms with Crippen LogP contribution in [0.2, 0.25) is 0 Å². The number of nitrogens with two attached hydrogens (primary N) is 1. The van der Waals surface area contributed by atoms with E-state index in [1.807, 2.05) is 11.3 Å². The van der Waals surface area contributed by atoms with Crippen molar-refractivity contribution in [1.29, 1.82) is 0 Å². The summed E-state index contributed by atoms with van der Waals surface area (Å²) >= 11 is 1.82. The summed E-state index contributed by atoms with van der Waals surface area (Å²) in [6.45, 7) is 4.34. The summed E-state index contributed by atoms with van der Waals surface area (Å²) in [7, 11) is 0. The van der Waals surface area contributed by atoms with Crippen molar-refractivity contribution in [2.45, 2.75) is 32.2 Å². The van der Waals surface area contributed by atoms with Crippen LogP contribution < -0.4 is 11.3 Å². The highest BCUT2D eigenvalue weighted by molar-refractivity contribution is 7.12. The van der Waals surface area contributed by atoms with Gasteiger partial charge in [-0.15, -0.1) is 11.3 Å². The molecule has 2 aromatic rings. The standard InChI is InChI=1S/C15H20N2S/c1-3-13(12-7-5-4-6-8-12)15(17-16)14-10-9-11(2)18-14/h4-10,13,15,17H,3,16H2,1-2H3. The Morgan fingerprint density at radius 1 is 1.17 bits per heavy atom. The number of hydrogen-bond donors (Lipinski definition) is 2. The fraction of sp³-hybridized carbons (Fsp3) is 0.333. The van der Waals surface area contributed by atoms with Gasteiger partial charge in [0, 0.05) is 15.7 Å². The van der Waals surface area contributed by atoms with Gasteiger partial charge < -0.3 is 0 Å². The van der Waals surface area contributed by atoms with Crippen molar-refractivity contribution in [3.05, 3.63) is 57.8 Å². The van der Waals surface area contributed by atoms with Gasteiger partial charge in [0.25, 0.3) is 0 Å². The smallest absolute Gasteiger partial charge is 0.0621 e. The average molecular weight is 260 g/mol. The molecule has 2 atom stereocenters. The molecule has 1 heterocycles. The normalized spacial score (nSPS) is 14.4. The molecule has 0 aliphatic heterocycles. The topological polar surface area (TPSA) is 38.0 Å². The van der Waals surface area contributed by atoms with E-state index in [1.54, 1.807) is 0 Å². The lowest BCUT2D eigenvalue weighted by Crippen LogP contribution is -2.31. The van der Waals surface area contributed by atoms with Crippen molar-refractivity contribution in [3.63, 3.8) is 0 Å². The Kier molecular flexibility index (Phi) is 4.53. The predicted molar refractivity (Wildman–Crippen MR) is 78.6 cm³/mol. The van der Waals surface area contributed by atoms with Crippen molar-refractivity contribution in [1.82, 2.24) is 5.43 Å². The lowest BCUT2D eigenvalue weighted by molar-refractivity contribution is 0.451. The van der Waals surface area contributed by atoms with Crippen molar-refractivity contribution in [3.8, 4) is 0 Å². The van der Waals surface area contributed by atoms with E-state index in [4.69, 9.17) is 5.84 Å². The van der Waals surface area contributed by atoms with E-state index in [2.05, 4.69) is 61.7 Å². The molecule has 18 heavy (non-hydrogen) atoms. The Morgan fingerprint density at radius 3 is 2.39 bits per heavy atom. The molecule has 0 saturated heterocycles. The van der Waals surface area contributed by atoms with E-state index in [-0.39, 0.29) is 6.04 Å². The Morgan fingerprint density at radius 2 is 1.89 bits per heavy atom. The maximum Gasteiger partial charge on any atom is 0.0621 e. The minimum absolute atomic E-state index is 0.191. The molecule has 2 nitrogen and oxygen atoms in total. The van der Waals surface area contributed by atoms with Gasteiger partial charge in [-0.2, -0.15) is 0 Å². The molecule has 0 aliphatic rings. The zero-order valence-corrected chi connectivity index (χ0v) is 11.7. The highest BCUT2D eigenvalue weighted by Crippen LogP contribution is 2.36. The molecule has 0 saturated carbocycles. The van der Waals surface area contributed by atoms with Gasteiger partial charge in [0.2, 0.25) is 0 Å². The molecule has 96 valence electrons. The van der Waals surface area contributed by atoms with Crippen LogP contribution in [0.1, 0.15) is 40.6 Å². The van der Waals surface area contributed by atoms with Gasteiger partial charge in [0.15, 0.2) is 0 Å². The summed E-state index contributed by atoms with van der Waals surface area (Å²) in [6, 6.07) is 15.1. The SMILES string of the molecule is CCC(c1ccccc1)C(NN)c1ccc(C)s1. The number of hydrazine groups is 1. The second kappa shape index (κ2) is 6.14. The molecule has 0 spiro atoms. The van der Waals surface area contributed by atoms with Gasteiger partial charge in [0.05, 0.1) is 6.04 Å². The maximum atomic E-state index is 5.78. The van der Waals surface area contributed by atoms with Crippen molar-refractivity contribution in [2.75, 3.05) is 0 Å². The third kappa shape index (κ3) is 2.80. The molecule has 1 aromatic carbocycles. The molecule has 2 unspecified atom stereocenters. The maximum absolute atomic E-state index is 5.78. The van der Waals surface area contributed by atoms with Gasteiger partial charge >= 0.3 is 0 Å². The first-order valence-corrected chi connectivity index (χ1v) is 7.15. The number of nitrogens with one attached hydrogen (secondary N) is 1. The van der Waals surface area contributed by atoms with Gasteiger partial charge in [-0.05, 0) is 31.0 Å². The highest BCUT2D eigenvalue weighted by atomic mass is 32.1. The van der Waals surface area contributed by atoms with Crippen LogP contribution in [-0.4, -0.2) is 0 Å². The minimum Gasteiger partial charge on any atom is -0.271 e. The molecule has 1 aromatic heterocycles. The monoisotopic (exact) mass is 260 g/mol. The fourth-order valence-corrected chi connectivity index (χ4v) is 3.38. The second-order valence-corrected chi connectivity index (χ2v) is 5.84. The molecule has 3 N–H and O–H groups in total. The Hall–Kier alpha value is -1.16. The van der Waals surface area contributed by atoms with Crippen molar-refractivity contribution in [2.24, 2.45) is 5.84 Å². The van der Waals surface area contributed by atoms with Crippen LogP contribution in [0, 0.1) is 6.92 Å². The molecule has 0 radical (unpaired) electrons. The Bertz CT molecular complexity index is 478. The Labute approximate surface area is 113 Å². The Balaban J connectivity index is 2.30. The van der Waals surface area contributed by atoms with Crippen LogP contribution >= 0.6 is 11.3 Å². The molecular formula is C15H20N2S. The minimum atomic E-state index is 0.191.